The van der Waals surface area contributed by atoms with Gasteiger partial charge < -0.3 is 21.5 Å². The van der Waals surface area contributed by atoms with Crippen LogP contribution in [0, 0.1) is 11.3 Å². The van der Waals surface area contributed by atoms with Gasteiger partial charge in [-0.2, -0.15) is 0 Å². The van der Waals surface area contributed by atoms with Crippen molar-refractivity contribution < 1.29 is 19.5 Å². The molecule has 1 saturated carbocycles. The molecular weight excluding hydrogens is 262 g/mol. The predicted molar refractivity (Wildman–Crippen MR) is 70.6 cm³/mol. The highest BCUT2D eigenvalue weighted by Crippen LogP contribution is 2.58. The lowest BCUT2D eigenvalue weighted by atomic mass is 9.91. The number of carboxylic acid groups (broad SMARTS) is 1. The number of nitrogens with two attached hydrogens (primary N) is 1. The molecule has 7 nitrogen and oxygen atoms in total. The second kappa shape index (κ2) is 5.78. The van der Waals surface area contributed by atoms with Crippen LogP contribution in [0.3, 0.4) is 0 Å². The van der Waals surface area contributed by atoms with Crippen LogP contribution >= 0.6 is 0 Å². The lowest BCUT2D eigenvalue weighted by Crippen LogP contribution is -2.43. The van der Waals surface area contributed by atoms with Crippen LogP contribution in [-0.4, -0.2) is 42.0 Å². The molecule has 0 bridgehead atoms. The smallest absolute Gasteiger partial charge is 0.326 e. The third kappa shape index (κ3) is 3.27. The van der Waals surface area contributed by atoms with Crippen LogP contribution in [0.2, 0.25) is 0 Å². The van der Waals surface area contributed by atoms with Gasteiger partial charge in [0.15, 0.2) is 0 Å². The Hall–Kier alpha value is -1.63. The van der Waals surface area contributed by atoms with E-state index >= 15 is 0 Å². The molecule has 1 aliphatic heterocycles. The number of aliphatic carboxylic acids is 1. The normalized spacial score (nSPS) is 24.9. The van der Waals surface area contributed by atoms with Crippen LogP contribution in [0.4, 0.5) is 0 Å². The van der Waals surface area contributed by atoms with E-state index in [0.717, 1.165) is 32.4 Å². The van der Waals surface area contributed by atoms with Gasteiger partial charge in [-0.25, -0.2) is 4.79 Å². The maximum Gasteiger partial charge on any atom is 0.326 e. The number of hydrogen-bond donors (Lipinski definition) is 4. The molecule has 0 aromatic rings. The van der Waals surface area contributed by atoms with Gasteiger partial charge in [0, 0.05) is 12.3 Å². The fraction of sp³-hybridized carbons (Fsp3) is 0.769. The monoisotopic (exact) mass is 283 g/mol. The third-order valence-electron chi connectivity index (χ3n) is 4.40. The van der Waals surface area contributed by atoms with Crippen LogP contribution in [0.25, 0.3) is 0 Å². The number of nitrogens with one attached hydrogen (secondary N) is 2. The summed E-state index contributed by atoms with van der Waals surface area (Å²) in [5.74, 6) is -1.98. The van der Waals surface area contributed by atoms with Gasteiger partial charge in [0.25, 0.3) is 0 Å². The molecule has 1 heterocycles. The van der Waals surface area contributed by atoms with Crippen LogP contribution in [0.1, 0.15) is 32.1 Å². The minimum absolute atomic E-state index is 0.0394. The Balaban J connectivity index is 1.86. The molecule has 0 aromatic carbocycles. The van der Waals surface area contributed by atoms with E-state index < -0.39 is 17.9 Å². The van der Waals surface area contributed by atoms with Gasteiger partial charge in [0.1, 0.15) is 6.04 Å². The minimum Gasteiger partial charge on any atom is -0.480 e. The van der Waals surface area contributed by atoms with Gasteiger partial charge >= 0.3 is 5.97 Å². The number of amides is 2. The van der Waals surface area contributed by atoms with Crippen molar-refractivity contribution in [3.8, 4) is 0 Å². The molecule has 1 spiro atoms. The Morgan fingerprint density at radius 3 is 2.55 bits per heavy atom. The summed E-state index contributed by atoms with van der Waals surface area (Å²) < 4.78 is 0. The van der Waals surface area contributed by atoms with Crippen molar-refractivity contribution in [3.05, 3.63) is 0 Å². The summed E-state index contributed by atoms with van der Waals surface area (Å²) in [6, 6.07) is -1.03. The van der Waals surface area contributed by atoms with Gasteiger partial charge in [0.05, 0.1) is 0 Å². The average molecular weight is 283 g/mol. The molecule has 2 rings (SSSR count). The van der Waals surface area contributed by atoms with Crippen LogP contribution in [0.15, 0.2) is 0 Å². The number of carboxylic acids is 1. The molecule has 112 valence electrons. The van der Waals surface area contributed by atoms with E-state index in [1.165, 1.54) is 0 Å². The van der Waals surface area contributed by atoms with E-state index in [2.05, 4.69) is 10.6 Å². The van der Waals surface area contributed by atoms with Crippen LogP contribution < -0.4 is 16.4 Å². The van der Waals surface area contributed by atoms with E-state index in [1.807, 2.05) is 0 Å². The fourth-order valence-corrected chi connectivity index (χ4v) is 3.01. The van der Waals surface area contributed by atoms with Crippen LogP contribution in [-0.2, 0) is 14.4 Å². The summed E-state index contributed by atoms with van der Waals surface area (Å²) in [5, 5.41) is 14.9. The molecule has 7 heteroatoms. The van der Waals surface area contributed by atoms with E-state index in [9.17, 15) is 14.4 Å². The van der Waals surface area contributed by atoms with Crippen LogP contribution in [0.5, 0.6) is 0 Å². The standard InChI is InChI=1S/C13H21N3O4/c14-10(17)2-1-9(12(19)20)16-11(18)8-7-13(8)3-5-15-6-4-13/h8-9,15H,1-7H2,(H2,14,17)(H,16,18)(H,19,20). The first kappa shape index (κ1) is 14.8. The topological polar surface area (TPSA) is 122 Å². The molecule has 2 amide bonds. The Morgan fingerprint density at radius 1 is 1.35 bits per heavy atom. The first-order valence-electron chi connectivity index (χ1n) is 6.97. The van der Waals surface area contributed by atoms with Crippen molar-refractivity contribution in [1.29, 1.82) is 0 Å². The SMILES string of the molecule is NC(=O)CCC(NC(=O)C1CC12CCNCC2)C(=O)O. The maximum absolute atomic E-state index is 12.1. The maximum atomic E-state index is 12.1. The first-order valence-corrected chi connectivity index (χ1v) is 6.97. The summed E-state index contributed by atoms with van der Waals surface area (Å²) in [5.41, 5.74) is 5.08. The molecule has 2 atom stereocenters. The molecule has 5 N–H and O–H groups in total. The van der Waals surface area contributed by atoms with Crippen molar-refractivity contribution in [2.24, 2.45) is 17.1 Å². The molecule has 20 heavy (non-hydrogen) atoms. The van der Waals surface area contributed by atoms with Crippen molar-refractivity contribution >= 4 is 17.8 Å². The van der Waals surface area contributed by atoms with Crippen molar-refractivity contribution in [2.45, 2.75) is 38.1 Å². The number of piperidine rings is 1. The average Bonchev–Trinajstić information content (AvgIpc) is 3.08. The largest absolute Gasteiger partial charge is 0.480 e. The number of primary amides is 1. The van der Waals surface area contributed by atoms with E-state index in [-0.39, 0.29) is 30.1 Å². The summed E-state index contributed by atoms with van der Waals surface area (Å²) in [6.45, 7) is 1.82. The van der Waals surface area contributed by atoms with Gasteiger partial charge in [-0.3, -0.25) is 9.59 Å². The Bertz CT molecular complexity index is 418. The van der Waals surface area contributed by atoms with E-state index in [0.29, 0.717) is 0 Å². The molecule has 1 saturated heterocycles. The van der Waals surface area contributed by atoms with Crippen molar-refractivity contribution in [3.63, 3.8) is 0 Å². The molecule has 2 unspecified atom stereocenters. The zero-order chi connectivity index (χ0) is 14.8. The molecule has 0 aromatic heterocycles. The number of carbonyl (C=O) groups excluding carboxylic acids is 2. The highest BCUT2D eigenvalue weighted by Gasteiger charge is 2.57. The lowest BCUT2D eigenvalue weighted by Gasteiger charge is -2.23. The summed E-state index contributed by atoms with van der Waals surface area (Å²) in [6.07, 6.45) is 2.76. The van der Waals surface area contributed by atoms with Gasteiger partial charge in [0.2, 0.25) is 11.8 Å². The summed E-state index contributed by atoms with van der Waals surface area (Å²) in [4.78, 5) is 33.9. The highest BCUT2D eigenvalue weighted by atomic mass is 16.4. The Morgan fingerprint density at radius 2 is 2.00 bits per heavy atom. The number of carbonyl (C=O) groups is 3. The van der Waals surface area contributed by atoms with E-state index in [1.54, 1.807) is 0 Å². The van der Waals surface area contributed by atoms with E-state index in [4.69, 9.17) is 10.8 Å². The fourth-order valence-electron chi connectivity index (χ4n) is 3.01. The second-order valence-corrected chi connectivity index (χ2v) is 5.77. The van der Waals surface area contributed by atoms with Gasteiger partial charge in [-0.1, -0.05) is 0 Å². The molecule has 2 fully saturated rings. The summed E-state index contributed by atoms with van der Waals surface area (Å²) in [7, 11) is 0. The summed E-state index contributed by atoms with van der Waals surface area (Å²) >= 11 is 0. The Labute approximate surface area is 117 Å². The minimum atomic E-state index is -1.13. The predicted octanol–water partition coefficient (Wildman–Crippen LogP) is -0.789. The Kier molecular flexibility index (Phi) is 4.27. The lowest BCUT2D eigenvalue weighted by molar-refractivity contribution is -0.142. The quantitative estimate of drug-likeness (QED) is 0.509. The number of hydrogen-bond acceptors (Lipinski definition) is 4. The van der Waals surface area contributed by atoms with Crippen molar-refractivity contribution in [1.82, 2.24) is 10.6 Å². The molecule has 0 radical (unpaired) electrons. The second-order valence-electron chi connectivity index (χ2n) is 5.77. The zero-order valence-electron chi connectivity index (χ0n) is 11.4. The van der Waals surface area contributed by atoms with Gasteiger partial charge in [-0.15, -0.1) is 0 Å². The zero-order valence-corrected chi connectivity index (χ0v) is 11.4. The number of rotatable bonds is 6. The molecule has 1 aliphatic carbocycles. The third-order valence-corrected chi connectivity index (χ3v) is 4.40. The first-order chi connectivity index (χ1) is 9.44. The molecule has 2 aliphatic rings. The highest BCUT2D eigenvalue weighted by molar-refractivity contribution is 5.87. The van der Waals surface area contributed by atoms with Gasteiger partial charge in [-0.05, 0) is 44.2 Å². The van der Waals surface area contributed by atoms with Crippen molar-refractivity contribution in [2.75, 3.05) is 13.1 Å². The molecular formula is C13H21N3O4.